The van der Waals surface area contributed by atoms with E-state index in [0.717, 1.165) is 24.8 Å². The number of rotatable bonds is 11. The minimum atomic E-state index is -0.881. The fourth-order valence-electron chi connectivity index (χ4n) is 4.81. The second-order valence-electron chi connectivity index (χ2n) is 9.69. The molecule has 226 valence electrons. The molecule has 5 rings (SSSR count). The van der Waals surface area contributed by atoms with Crippen LogP contribution in [0.2, 0.25) is 0 Å². The quantitative estimate of drug-likeness (QED) is 0.103. The van der Waals surface area contributed by atoms with Crippen molar-refractivity contribution in [2.75, 3.05) is 24.7 Å². The molecule has 0 aromatic heterocycles. The van der Waals surface area contributed by atoms with E-state index < -0.39 is 17.8 Å². The highest BCUT2D eigenvalue weighted by Crippen LogP contribution is 2.37. The minimum absolute atomic E-state index is 0.167. The second kappa shape index (κ2) is 13.8. The molecular weight excluding hydrogens is 675 g/mol. The summed E-state index contributed by atoms with van der Waals surface area (Å²) in [5, 5.41) is 4.54. The molecule has 1 aliphatic heterocycles. The normalized spacial score (nSPS) is 14.1. The van der Waals surface area contributed by atoms with Crippen LogP contribution in [0.3, 0.4) is 0 Å². The van der Waals surface area contributed by atoms with Gasteiger partial charge in [-0.2, -0.15) is 0 Å². The fraction of sp³-hybridized carbons (Fsp3) is 0.206. The molecule has 0 bridgehead atoms. The van der Waals surface area contributed by atoms with Crippen LogP contribution in [0.4, 0.5) is 10.5 Å². The van der Waals surface area contributed by atoms with E-state index in [1.54, 1.807) is 31.2 Å². The lowest BCUT2D eigenvalue weighted by atomic mass is 10.1. The van der Waals surface area contributed by atoms with E-state index >= 15 is 0 Å². The summed E-state index contributed by atoms with van der Waals surface area (Å²) >= 11 is 2.14. The topological polar surface area (TPSA) is 103 Å². The highest BCUT2D eigenvalue weighted by Gasteiger charge is 2.38. The molecule has 0 spiro atoms. The maximum Gasteiger partial charge on any atom is 0.336 e. The molecule has 1 fully saturated rings. The number of carbonyl (C=O) groups excluding carboxylic acids is 3. The summed E-state index contributed by atoms with van der Waals surface area (Å²) in [5.74, 6) is 0.163. The van der Waals surface area contributed by atoms with E-state index in [1.807, 2.05) is 32.0 Å². The largest absolute Gasteiger partial charge is 0.494 e. The number of nitrogens with zero attached hydrogens (tertiary/aromatic N) is 1. The van der Waals surface area contributed by atoms with Crippen molar-refractivity contribution in [3.8, 4) is 23.0 Å². The number of carbonyl (C=O) groups is 3. The lowest BCUT2D eigenvalue weighted by molar-refractivity contribution is -0.122. The smallest absolute Gasteiger partial charge is 0.336 e. The van der Waals surface area contributed by atoms with Crippen molar-refractivity contribution >= 4 is 63.0 Å². The number of fused-ring (bicyclic) bond motifs is 1. The Labute approximate surface area is 268 Å². The van der Waals surface area contributed by atoms with Crippen LogP contribution in [0.15, 0.2) is 78.4 Å². The number of ether oxygens (including phenoxy) is 4. The summed E-state index contributed by atoms with van der Waals surface area (Å²) in [7, 11) is 0. The van der Waals surface area contributed by atoms with Gasteiger partial charge < -0.3 is 18.9 Å². The lowest BCUT2D eigenvalue weighted by Crippen LogP contribution is -2.54. The van der Waals surface area contributed by atoms with Crippen LogP contribution < -0.4 is 29.2 Å². The molecule has 4 amide bonds. The predicted molar refractivity (Wildman–Crippen MR) is 176 cm³/mol. The Balaban J connectivity index is 1.46. The number of nitrogens with one attached hydrogen (secondary N) is 1. The first kappa shape index (κ1) is 30.9. The number of urea groups is 1. The molecule has 0 radical (unpaired) electrons. The molecule has 1 N–H and O–H groups in total. The number of halogens is 1. The van der Waals surface area contributed by atoms with Gasteiger partial charge in [0, 0.05) is 6.07 Å². The molecule has 44 heavy (non-hydrogen) atoms. The summed E-state index contributed by atoms with van der Waals surface area (Å²) in [4.78, 5) is 40.5. The first-order chi connectivity index (χ1) is 21.3. The Morgan fingerprint density at radius 2 is 1.50 bits per heavy atom. The Kier molecular flexibility index (Phi) is 9.69. The van der Waals surface area contributed by atoms with Crippen LogP contribution in [0.25, 0.3) is 16.8 Å². The van der Waals surface area contributed by atoms with Crippen molar-refractivity contribution in [2.45, 2.75) is 27.4 Å². The number of anilines is 1. The Morgan fingerprint density at radius 3 is 2.25 bits per heavy atom. The Bertz CT molecular complexity index is 1770. The lowest BCUT2D eigenvalue weighted by Gasteiger charge is -2.28. The van der Waals surface area contributed by atoms with E-state index in [9.17, 15) is 14.4 Å². The van der Waals surface area contributed by atoms with Gasteiger partial charge in [0.05, 0.1) is 29.1 Å². The SMILES string of the molecule is CCOc1ccc(OCC)c(N2C(=O)NC(=O)/C(=C\c3cc(I)c(OCc4ccc5ccccc5c4)c(OCC)c3)C2=O)c1. The molecule has 10 heteroatoms. The molecule has 0 saturated carbocycles. The summed E-state index contributed by atoms with van der Waals surface area (Å²) in [6, 6.07) is 21.7. The van der Waals surface area contributed by atoms with Crippen molar-refractivity contribution in [1.29, 1.82) is 0 Å². The van der Waals surface area contributed by atoms with Gasteiger partial charge in [-0.05, 0) is 102 Å². The molecule has 1 heterocycles. The number of barbiturate groups is 1. The fourth-order valence-corrected chi connectivity index (χ4v) is 5.59. The number of amides is 4. The zero-order valence-corrected chi connectivity index (χ0v) is 26.7. The standard InChI is InChI=1S/C34H31IN2O7/c1-4-41-25-13-14-29(42-5-2)28(19-25)37-33(39)26(32(38)36-34(37)40)16-22-17-27(35)31(30(18-22)43-6-3)44-20-21-11-12-23-9-7-8-10-24(23)15-21/h7-19H,4-6,20H2,1-3H3,(H,36,38,40)/b26-16+. The van der Waals surface area contributed by atoms with Crippen LogP contribution in [0.1, 0.15) is 31.9 Å². The number of hydrogen-bond donors (Lipinski definition) is 1. The molecule has 0 unspecified atom stereocenters. The highest BCUT2D eigenvalue weighted by atomic mass is 127. The van der Waals surface area contributed by atoms with Crippen molar-refractivity contribution in [3.63, 3.8) is 0 Å². The molecule has 1 saturated heterocycles. The van der Waals surface area contributed by atoms with E-state index in [-0.39, 0.29) is 11.3 Å². The van der Waals surface area contributed by atoms with Crippen LogP contribution in [0.5, 0.6) is 23.0 Å². The van der Waals surface area contributed by atoms with Gasteiger partial charge in [-0.15, -0.1) is 0 Å². The number of hydrogen-bond acceptors (Lipinski definition) is 7. The van der Waals surface area contributed by atoms with Gasteiger partial charge in [-0.1, -0.05) is 36.4 Å². The third-order valence-corrected chi connectivity index (χ3v) is 7.52. The monoisotopic (exact) mass is 706 g/mol. The number of benzene rings is 4. The van der Waals surface area contributed by atoms with Gasteiger partial charge in [-0.25, -0.2) is 9.69 Å². The van der Waals surface area contributed by atoms with Gasteiger partial charge >= 0.3 is 6.03 Å². The van der Waals surface area contributed by atoms with E-state index in [2.05, 4.69) is 52.2 Å². The summed E-state index contributed by atoms with van der Waals surface area (Å²) in [6.07, 6.45) is 1.43. The van der Waals surface area contributed by atoms with Gasteiger partial charge in [-0.3, -0.25) is 14.9 Å². The third kappa shape index (κ3) is 6.65. The van der Waals surface area contributed by atoms with E-state index in [1.165, 1.54) is 12.1 Å². The third-order valence-electron chi connectivity index (χ3n) is 6.72. The molecular formula is C34H31IN2O7. The maximum atomic E-state index is 13.7. The number of imide groups is 2. The van der Waals surface area contributed by atoms with Gasteiger partial charge in [0.1, 0.15) is 23.7 Å². The average molecular weight is 707 g/mol. The first-order valence-electron chi connectivity index (χ1n) is 14.2. The predicted octanol–water partition coefficient (Wildman–Crippen LogP) is 6.89. The molecule has 4 aromatic carbocycles. The van der Waals surface area contributed by atoms with Crippen molar-refractivity contribution in [1.82, 2.24) is 5.32 Å². The van der Waals surface area contributed by atoms with Gasteiger partial charge in [0.25, 0.3) is 11.8 Å². The van der Waals surface area contributed by atoms with E-state index in [4.69, 9.17) is 18.9 Å². The molecule has 4 aromatic rings. The van der Waals surface area contributed by atoms with Gasteiger partial charge in [0.15, 0.2) is 11.5 Å². The Hall–Kier alpha value is -4.58. The molecule has 0 aliphatic carbocycles. The second-order valence-corrected chi connectivity index (χ2v) is 10.8. The van der Waals surface area contributed by atoms with Crippen LogP contribution in [-0.2, 0) is 16.2 Å². The van der Waals surface area contributed by atoms with Crippen molar-refractivity contribution < 1.29 is 33.3 Å². The molecule has 0 atom stereocenters. The zero-order valence-electron chi connectivity index (χ0n) is 24.5. The summed E-state index contributed by atoms with van der Waals surface area (Å²) < 4.78 is 24.1. The first-order valence-corrected chi connectivity index (χ1v) is 15.3. The van der Waals surface area contributed by atoms with Gasteiger partial charge in [0.2, 0.25) is 0 Å². The maximum absolute atomic E-state index is 13.7. The average Bonchev–Trinajstić information content (AvgIpc) is 3.00. The summed E-state index contributed by atoms with van der Waals surface area (Å²) in [5.41, 5.74) is 1.47. The molecule has 1 aliphatic rings. The van der Waals surface area contributed by atoms with E-state index in [0.29, 0.717) is 55.0 Å². The van der Waals surface area contributed by atoms with Crippen molar-refractivity contribution in [3.05, 3.63) is 93.1 Å². The zero-order chi connectivity index (χ0) is 31.2. The van der Waals surface area contributed by atoms with Crippen LogP contribution in [0, 0.1) is 3.57 Å². The van der Waals surface area contributed by atoms with Crippen molar-refractivity contribution in [2.24, 2.45) is 0 Å². The summed E-state index contributed by atoms with van der Waals surface area (Å²) in [6.45, 7) is 6.87. The van der Waals surface area contributed by atoms with Crippen LogP contribution in [-0.4, -0.2) is 37.7 Å². The Morgan fingerprint density at radius 1 is 0.773 bits per heavy atom. The molecule has 9 nitrogen and oxygen atoms in total. The minimum Gasteiger partial charge on any atom is -0.494 e. The van der Waals surface area contributed by atoms with Crippen LogP contribution >= 0.6 is 22.6 Å². The highest BCUT2D eigenvalue weighted by molar-refractivity contribution is 14.1.